The molecule has 0 N–H and O–H groups in total. The molecule has 0 aromatic rings. The molecule has 0 unspecified atom stereocenters. The maximum absolute atomic E-state index is 11.6. The minimum absolute atomic E-state index is 0. The fourth-order valence-electron chi connectivity index (χ4n) is 2.32. The van der Waals surface area contributed by atoms with Crippen molar-refractivity contribution in [1.29, 1.82) is 0 Å². The van der Waals surface area contributed by atoms with Crippen LogP contribution in [0.4, 0.5) is 0 Å². The molecule has 28 heavy (non-hydrogen) atoms. The zero-order chi connectivity index (χ0) is 20.2. The molecule has 0 aliphatic rings. The molecule has 0 saturated carbocycles. The van der Waals surface area contributed by atoms with Crippen LogP contribution in [0.1, 0.15) is 78.1 Å². The van der Waals surface area contributed by atoms with Crippen LogP contribution in [0.2, 0.25) is 0 Å². The van der Waals surface area contributed by atoms with Gasteiger partial charge in [0.05, 0.1) is 19.8 Å². The molecule has 8 nitrogen and oxygen atoms in total. The van der Waals surface area contributed by atoms with Crippen molar-refractivity contribution in [3.05, 3.63) is 0 Å². The van der Waals surface area contributed by atoms with Crippen molar-refractivity contribution in [2.75, 3.05) is 33.0 Å². The number of hydrogen-bond donors (Lipinski definition) is 0. The predicted octanol–water partition coefficient (Wildman–Crippen LogP) is 3.05. The van der Waals surface area contributed by atoms with Crippen LogP contribution >= 0.6 is 0 Å². The van der Waals surface area contributed by atoms with Crippen molar-refractivity contribution in [1.82, 2.24) is 0 Å². The monoisotopic (exact) mass is 436 g/mol. The van der Waals surface area contributed by atoms with Gasteiger partial charge in [0, 0.05) is 6.42 Å². The first-order valence-electron chi connectivity index (χ1n) is 9.95. The fraction of sp³-hybridized carbons (Fsp3) is 0.944. The van der Waals surface area contributed by atoms with Gasteiger partial charge in [0.25, 0.3) is 0 Å². The summed E-state index contributed by atoms with van der Waals surface area (Å²) in [5, 5.41) is 0. The Labute approximate surface area is 192 Å². The Morgan fingerprint density at radius 3 is 1.96 bits per heavy atom. The third kappa shape index (κ3) is 22.5. The molecule has 0 rings (SSSR count). The Balaban J connectivity index is 0. The average Bonchev–Trinajstić information content (AvgIpc) is 2.62. The van der Waals surface area contributed by atoms with E-state index in [0.717, 1.165) is 12.8 Å². The zero-order valence-corrected chi connectivity index (χ0v) is 17.6. The fourth-order valence-corrected chi connectivity index (χ4v) is 2.83. The second-order valence-corrected chi connectivity index (χ2v) is 7.30. The van der Waals surface area contributed by atoms with E-state index in [1.807, 2.05) is 0 Å². The van der Waals surface area contributed by atoms with E-state index >= 15 is 0 Å². The van der Waals surface area contributed by atoms with Crippen molar-refractivity contribution in [2.45, 2.75) is 78.1 Å². The van der Waals surface area contributed by atoms with E-state index in [9.17, 15) is 13.2 Å². The molecule has 0 aliphatic carbocycles. The van der Waals surface area contributed by atoms with E-state index < -0.39 is 10.4 Å². The molecule has 10 heteroatoms. The number of carbonyl (C=O) groups excluding carboxylic acids is 1. The van der Waals surface area contributed by atoms with Crippen molar-refractivity contribution >= 4 is 45.9 Å². The summed E-state index contributed by atoms with van der Waals surface area (Å²) >= 11 is 0. The Bertz CT molecular complexity index is 445. The van der Waals surface area contributed by atoms with Crippen LogP contribution in [0.3, 0.4) is 0 Å². The van der Waals surface area contributed by atoms with E-state index in [1.54, 1.807) is 0 Å². The number of hydrogen-bond acceptors (Lipinski definition) is 8. The second kappa shape index (κ2) is 22.0. The van der Waals surface area contributed by atoms with Gasteiger partial charge in [-0.2, -0.15) is 8.42 Å². The van der Waals surface area contributed by atoms with Gasteiger partial charge in [-0.25, -0.2) is 9.07 Å². The van der Waals surface area contributed by atoms with Gasteiger partial charge < -0.3 is 9.47 Å². The van der Waals surface area contributed by atoms with Crippen molar-refractivity contribution in [3.63, 3.8) is 0 Å². The summed E-state index contributed by atoms with van der Waals surface area (Å²) in [6, 6.07) is 0. The Hall–Kier alpha value is 0.260. The summed E-state index contributed by atoms with van der Waals surface area (Å²) in [7, 11) is -4.11. The van der Waals surface area contributed by atoms with Crippen molar-refractivity contribution in [2.24, 2.45) is 0 Å². The van der Waals surface area contributed by atoms with Crippen LogP contribution in [-0.4, -0.2) is 77.0 Å². The normalized spacial score (nSPS) is 11.2. The Kier molecular flexibility index (Phi) is 23.9. The van der Waals surface area contributed by atoms with E-state index in [4.69, 9.17) is 9.47 Å². The second-order valence-electron chi connectivity index (χ2n) is 6.12. The molecule has 0 atom stereocenters. The van der Waals surface area contributed by atoms with E-state index in [1.165, 1.54) is 51.9 Å². The number of carbonyl (C=O) groups is 1. The molecule has 0 spiro atoms. The van der Waals surface area contributed by atoms with E-state index in [-0.39, 0.29) is 68.6 Å². The van der Waals surface area contributed by atoms with Crippen molar-refractivity contribution < 1.29 is 36.1 Å². The first kappa shape index (κ1) is 30.5. The summed E-state index contributed by atoms with van der Waals surface area (Å²) in [6.07, 6.45) is 11.3. The van der Waals surface area contributed by atoms with Gasteiger partial charge in [0.15, 0.2) is 0 Å². The summed E-state index contributed by atoms with van der Waals surface area (Å²) in [6.45, 7) is 4.09. The molecule has 0 aliphatic heterocycles. The zero-order valence-electron chi connectivity index (χ0n) is 16.8. The van der Waals surface area contributed by atoms with Gasteiger partial charge in [-0.1, -0.05) is 62.6 Å². The molecular formula is C18H37NaO8S. The summed E-state index contributed by atoms with van der Waals surface area (Å²) < 4.78 is 40.5. The van der Waals surface area contributed by atoms with Crippen LogP contribution in [0.15, 0.2) is 0 Å². The number of unbranched alkanes of at least 4 members (excludes halogenated alkanes) is 8. The minimum atomic E-state index is -4.11. The standard InChI is InChI=1S/C18H36O8S.Na.H/c1-3-5-6-7-8-9-10-11-12-13-18(19)23-16-14-22-15-17-24-26-27(20,21)25-4-2;;/h3-17H2,1-2H3;;. The molecule has 0 bridgehead atoms. The van der Waals surface area contributed by atoms with Crippen molar-refractivity contribution in [3.8, 4) is 0 Å². The van der Waals surface area contributed by atoms with Crippen LogP contribution in [-0.2, 0) is 38.1 Å². The van der Waals surface area contributed by atoms with Crippen LogP contribution in [0.25, 0.3) is 0 Å². The predicted molar refractivity (Wildman–Crippen MR) is 108 cm³/mol. The Morgan fingerprint density at radius 2 is 1.36 bits per heavy atom. The third-order valence-corrected chi connectivity index (χ3v) is 4.47. The van der Waals surface area contributed by atoms with E-state index in [2.05, 4.69) is 20.3 Å². The summed E-state index contributed by atoms with van der Waals surface area (Å²) in [5.74, 6) is -0.219. The summed E-state index contributed by atoms with van der Waals surface area (Å²) in [4.78, 5) is 16.0. The molecule has 164 valence electrons. The first-order valence-corrected chi connectivity index (χ1v) is 11.3. The SMILES string of the molecule is CCCCCCCCCCCC(=O)OCCOCCOOS(=O)(=O)OCC.[NaH]. The van der Waals surface area contributed by atoms with Gasteiger partial charge in [-0.3, -0.25) is 4.79 Å². The molecule has 0 amide bonds. The van der Waals surface area contributed by atoms with Gasteiger partial charge in [0.1, 0.15) is 13.2 Å². The molecule has 0 aromatic carbocycles. The van der Waals surface area contributed by atoms with E-state index in [0.29, 0.717) is 6.42 Å². The summed E-state index contributed by atoms with van der Waals surface area (Å²) in [5.41, 5.74) is 0. The topological polar surface area (TPSA) is 97.4 Å². The number of esters is 1. The third-order valence-electron chi connectivity index (χ3n) is 3.68. The molecule has 0 saturated heterocycles. The van der Waals surface area contributed by atoms with Gasteiger partial charge in [0.2, 0.25) is 0 Å². The van der Waals surface area contributed by atoms with Gasteiger partial charge in [-0.05, 0) is 13.3 Å². The number of rotatable bonds is 20. The Morgan fingerprint density at radius 1 is 0.786 bits per heavy atom. The van der Waals surface area contributed by atoms with Gasteiger partial charge in [-0.15, -0.1) is 0 Å². The van der Waals surface area contributed by atoms with Crippen LogP contribution in [0.5, 0.6) is 0 Å². The maximum atomic E-state index is 11.6. The molecule has 0 fully saturated rings. The average molecular weight is 437 g/mol. The first-order chi connectivity index (χ1) is 13.0. The molecule has 0 heterocycles. The molecule has 0 aromatic heterocycles. The van der Waals surface area contributed by atoms with Crippen LogP contribution < -0.4 is 0 Å². The molecule has 0 radical (unpaired) electrons. The van der Waals surface area contributed by atoms with Crippen LogP contribution in [0, 0.1) is 0 Å². The molecular weight excluding hydrogens is 399 g/mol. The van der Waals surface area contributed by atoms with Gasteiger partial charge >= 0.3 is 45.9 Å². The number of ether oxygens (including phenoxy) is 2. The quantitative estimate of drug-likeness (QED) is 0.0944.